The van der Waals surface area contributed by atoms with Crippen LogP contribution in [-0.4, -0.2) is 5.97 Å². The molecule has 0 bridgehead atoms. The van der Waals surface area contributed by atoms with Crippen molar-refractivity contribution in [1.29, 1.82) is 0 Å². The van der Waals surface area contributed by atoms with Crippen LogP contribution in [0, 0.1) is 5.92 Å². The van der Waals surface area contributed by atoms with Crippen LogP contribution in [-0.2, 0) is 11.2 Å². The molecule has 106 valence electrons. The largest absolute Gasteiger partial charge is 0.426 e. The molecule has 2 N–H and O–H groups in total. The van der Waals surface area contributed by atoms with Crippen LogP contribution in [0.1, 0.15) is 12.5 Å². The number of halogens is 1. The molecule has 0 amide bonds. The lowest BCUT2D eigenvalue weighted by Crippen LogP contribution is -2.19. The van der Waals surface area contributed by atoms with E-state index in [0.29, 0.717) is 17.9 Å². The Balaban J connectivity index is 0.00000200. The summed E-state index contributed by atoms with van der Waals surface area (Å²) in [5, 5.41) is 0. The van der Waals surface area contributed by atoms with Crippen molar-refractivity contribution in [1.82, 2.24) is 0 Å². The molecule has 0 heterocycles. The smallest absolute Gasteiger partial charge is 0.314 e. The molecular formula is C16H18ClNO2. The minimum atomic E-state index is -0.228. The van der Waals surface area contributed by atoms with Crippen molar-refractivity contribution >= 4 is 24.1 Å². The first-order valence-electron chi connectivity index (χ1n) is 6.26. The van der Waals surface area contributed by atoms with Gasteiger partial charge in [0.25, 0.3) is 0 Å². The van der Waals surface area contributed by atoms with Gasteiger partial charge in [-0.1, -0.05) is 37.3 Å². The summed E-state index contributed by atoms with van der Waals surface area (Å²) in [6.07, 6.45) is 0.622. The van der Waals surface area contributed by atoms with E-state index in [9.17, 15) is 4.79 Å². The number of carbonyl (C=O) groups is 1. The predicted octanol–water partition coefficient (Wildman–Crippen LogP) is 3.47. The van der Waals surface area contributed by atoms with Crippen LogP contribution < -0.4 is 10.5 Å². The second kappa shape index (κ2) is 7.56. The van der Waals surface area contributed by atoms with Crippen LogP contribution in [0.3, 0.4) is 0 Å². The molecule has 1 unspecified atom stereocenters. The first kappa shape index (κ1) is 16.1. The van der Waals surface area contributed by atoms with Crippen molar-refractivity contribution in [2.45, 2.75) is 13.3 Å². The maximum Gasteiger partial charge on any atom is 0.314 e. The van der Waals surface area contributed by atoms with Crippen molar-refractivity contribution in [3.05, 3.63) is 60.2 Å². The highest BCUT2D eigenvalue weighted by molar-refractivity contribution is 5.85. The number of para-hydroxylation sites is 1. The number of hydrogen-bond donors (Lipinski definition) is 1. The number of carbonyl (C=O) groups excluding carboxylic acids is 1. The number of esters is 1. The van der Waals surface area contributed by atoms with Gasteiger partial charge in [0.2, 0.25) is 0 Å². The lowest BCUT2D eigenvalue weighted by atomic mass is 10.0. The third-order valence-electron chi connectivity index (χ3n) is 2.86. The number of rotatable bonds is 4. The highest BCUT2D eigenvalue weighted by atomic mass is 35.5. The SMILES string of the molecule is CC(Cc1cccc(N)c1)C(=O)Oc1ccccc1.Cl. The van der Waals surface area contributed by atoms with E-state index in [-0.39, 0.29) is 24.3 Å². The van der Waals surface area contributed by atoms with Gasteiger partial charge >= 0.3 is 5.97 Å². The van der Waals surface area contributed by atoms with Crippen LogP contribution in [0.25, 0.3) is 0 Å². The summed E-state index contributed by atoms with van der Waals surface area (Å²) in [5.74, 6) is 0.141. The van der Waals surface area contributed by atoms with Gasteiger partial charge in [0.1, 0.15) is 5.75 Å². The first-order valence-corrected chi connectivity index (χ1v) is 6.26. The van der Waals surface area contributed by atoms with E-state index in [1.807, 2.05) is 49.4 Å². The summed E-state index contributed by atoms with van der Waals surface area (Å²) in [4.78, 5) is 11.9. The van der Waals surface area contributed by atoms with Crippen LogP contribution in [0.15, 0.2) is 54.6 Å². The molecule has 1 atom stereocenters. The van der Waals surface area contributed by atoms with Gasteiger partial charge < -0.3 is 10.5 Å². The molecule has 0 aromatic heterocycles. The Hall–Kier alpha value is -2.00. The zero-order valence-electron chi connectivity index (χ0n) is 11.3. The average molecular weight is 292 g/mol. The third kappa shape index (κ3) is 4.59. The third-order valence-corrected chi connectivity index (χ3v) is 2.86. The van der Waals surface area contributed by atoms with Gasteiger partial charge in [-0.15, -0.1) is 12.4 Å². The van der Waals surface area contributed by atoms with E-state index in [1.54, 1.807) is 12.1 Å². The number of ether oxygens (including phenoxy) is 1. The second-order valence-electron chi connectivity index (χ2n) is 4.58. The van der Waals surface area contributed by atoms with E-state index < -0.39 is 0 Å². The first-order chi connectivity index (χ1) is 9.15. The molecule has 0 aliphatic carbocycles. The lowest BCUT2D eigenvalue weighted by Gasteiger charge is -2.11. The summed E-state index contributed by atoms with van der Waals surface area (Å²) < 4.78 is 5.31. The quantitative estimate of drug-likeness (QED) is 0.533. The van der Waals surface area contributed by atoms with Gasteiger partial charge in [0, 0.05) is 5.69 Å². The van der Waals surface area contributed by atoms with Crippen molar-refractivity contribution < 1.29 is 9.53 Å². The number of anilines is 1. The van der Waals surface area contributed by atoms with E-state index in [0.717, 1.165) is 5.56 Å². The molecule has 4 heteroatoms. The Bertz CT molecular complexity index is 557. The summed E-state index contributed by atoms with van der Waals surface area (Å²) in [6, 6.07) is 16.7. The molecule has 2 rings (SSSR count). The van der Waals surface area contributed by atoms with Gasteiger partial charge in [-0.2, -0.15) is 0 Å². The summed E-state index contributed by atoms with van der Waals surface area (Å²) in [5.41, 5.74) is 7.47. The lowest BCUT2D eigenvalue weighted by molar-refractivity contribution is -0.138. The summed E-state index contributed by atoms with van der Waals surface area (Å²) in [7, 11) is 0. The highest BCUT2D eigenvalue weighted by Gasteiger charge is 2.15. The summed E-state index contributed by atoms with van der Waals surface area (Å²) in [6.45, 7) is 1.86. The van der Waals surface area contributed by atoms with E-state index in [1.165, 1.54) is 0 Å². The monoisotopic (exact) mass is 291 g/mol. The molecule has 20 heavy (non-hydrogen) atoms. The fourth-order valence-electron chi connectivity index (χ4n) is 1.86. The Morgan fingerprint density at radius 2 is 1.85 bits per heavy atom. The molecule has 3 nitrogen and oxygen atoms in total. The number of hydrogen-bond acceptors (Lipinski definition) is 3. The van der Waals surface area contributed by atoms with Crippen LogP contribution in [0.2, 0.25) is 0 Å². The Kier molecular flexibility index (Phi) is 6.07. The van der Waals surface area contributed by atoms with Crippen molar-refractivity contribution in [3.63, 3.8) is 0 Å². The summed E-state index contributed by atoms with van der Waals surface area (Å²) >= 11 is 0. The number of nitrogens with two attached hydrogens (primary N) is 1. The fraction of sp³-hybridized carbons (Fsp3) is 0.188. The van der Waals surface area contributed by atoms with E-state index >= 15 is 0 Å². The highest BCUT2D eigenvalue weighted by Crippen LogP contribution is 2.15. The standard InChI is InChI=1S/C16H17NO2.ClH/c1-12(10-13-6-5-7-14(17)11-13)16(18)19-15-8-3-2-4-9-15;/h2-9,11-12H,10,17H2,1H3;1H. The number of benzene rings is 2. The van der Waals surface area contributed by atoms with E-state index in [4.69, 9.17) is 10.5 Å². The Morgan fingerprint density at radius 3 is 2.50 bits per heavy atom. The van der Waals surface area contributed by atoms with Gasteiger partial charge in [-0.25, -0.2) is 0 Å². The van der Waals surface area contributed by atoms with E-state index in [2.05, 4.69) is 0 Å². The molecule has 0 fully saturated rings. The Labute approximate surface area is 125 Å². The van der Waals surface area contributed by atoms with Gasteiger partial charge in [-0.3, -0.25) is 4.79 Å². The normalized spacial score (nSPS) is 11.2. The molecule has 2 aromatic carbocycles. The molecule has 0 aliphatic rings. The maximum absolute atomic E-state index is 11.9. The molecule has 2 aromatic rings. The predicted molar refractivity (Wildman–Crippen MR) is 83.0 cm³/mol. The van der Waals surface area contributed by atoms with Crippen LogP contribution in [0.4, 0.5) is 5.69 Å². The molecule has 0 spiro atoms. The Morgan fingerprint density at radius 1 is 1.15 bits per heavy atom. The molecule has 0 saturated heterocycles. The van der Waals surface area contributed by atoms with Gasteiger partial charge in [-0.05, 0) is 36.2 Å². The molecule has 0 saturated carbocycles. The van der Waals surface area contributed by atoms with Crippen molar-refractivity contribution in [2.24, 2.45) is 5.92 Å². The minimum absolute atomic E-state index is 0. The number of nitrogen functional groups attached to an aromatic ring is 1. The average Bonchev–Trinajstić information content (AvgIpc) is 2.40. The van der Waals surface area contributed by atoms with Crippen LogP contribution in [0.5, 0.6) is 5.75 Å². The minimum Gasteiger partial charge on any atom is -0.426 e. The zero-order chi connectivity index (χ0) is 13.7. The maximum atomic E-state index is 11.9. The fourth-order valence-corrected chi connectivity index (χ4v) is 1.86. The zero-order valence-corrected chi connectivity index (χ0v) is 12.1. The second-order valence-corrected chi connectivity index (χ2v) is 4.58. The van der Waals surface area contributed by atoms with Gasteiger partial charge in [0.05, 0.1) is 5.92 Å². The van der Waals surface area contributed by atoms with Crippen LogP contribution >= 0.6 is 12.4 Å². The molecule has 0 radical (unpaired) electrons. The topological polar surface area (TPSA) is 52.3 Å². The molecular weight excluding hydrogens is 274 g/mol. The van der Waals surface area contributed by atoms with Crippen molar-refractivity contribution in [2.75, 3.05) is 5.73 Å². The van der Waals surface area contributed by atoms with Gasteiger partial charge in [0.15, 0.2) is 0 Å². The molecule has 0 aliphatic heterocycles. The van der Waals surface area contributed by atoms with Crippen molar-refractivity contribution in [3.8, 4) is 5.75 Å².